The molecule has 1 fully saturated rings. The van der Waals surface area contributed by atoms with Crippen molar-refractivity contribution >= 4 is 5.91 Å². The van der Waals surface area contributed by atoms with Crippen LogP contribution >= 0.6 is 0 Å². The number of carbonyl (C=O) groups excluding carboxylic acids is 1. The van der Waals surface area contributed by atoms with Gasteiger partial charge in [0.15, 0.2) is 0 Å². The normalized spacial score (nSPS) is 29.6. The van der Waals surface area contributed by atoms with E-state index >= 15 is 0 Å². The zero-order valence-electron chi connectivity index (χ0n) is 7.92. The van der Waals surface area contributed by atoms with Gasteiger partial charge in [-0.15, -0.1) is 0 Å². The molecule has 0 saturated heterocycles. The highest BCUT2D eigenvalue weighted by Gasteiger charge is 2.27. The van der Waals surface area contributed by atoms with Crippen LogP contribution in [0.5, 0.6) is 0 Å². The van der Waals surface area contributed by atoms with Crippen LogP contribution in [0, 0.1) is 5.92 Å². The number of primary amides is 1. The maximum absolute atomic E-state index is 10.7. The Morgan fingerprint density at radius 2 is 2.25 bits per heavy atom. The van der Waals surface area contributed by atoms with E-state index in [1.165, 1.54) is 19.3 Å². The first-order chi connectivity index (χ1) is 5.61. The van der Waals surface area contributed by atoms with Crippen LogP contribution in [-0.2, 0) is 4.79 Å². The monoisotopic (exact) mass is 170 g/mol. The van der Waals surface area contributed by atoms with Crippen LogP contribution < -0.4 is 5.73 Å². The molecule has 1 aliphatic rings. The summed E-state index contributed by atoms with van der Waals surface area (Å²) in [6.07, 6.45) is 3.79. The number of carbonyl (C=O) groups is 1. The maximum Gasteiger partial charge on any atom is 0.231 e. The minimum absolute atomic E-state index is 0.225. The average molecular weight is 170 g/mol. The summed E-state index contributed by atoms with van der Waals surface area (Å²) in [4.78, 5) is 12.7. The number of amides is 1. The summed E-state index contributed by atoms with van der Waals surface area (Å²) < 4.78 is 0. The third-order valence-corrected chi connectivity index (χ3v) is 2.79. The standard InChI is InChI=1S/C9H18N2O/c1-7-4-3-5-8(7)11(2)6-9(10)12/h7-8H,3-6H2,1-2H3,(H2,10,12). The fourth-order valence-corrected chi connectivity index (χ4v) is 2.14. The van der Waals surface area contributed by atoms with Gasteiger partial charge >= 0.3 is 0 Å². The van der Waals surface area contributed by atoms with Gasteiger partial charge in [0.2, 0.25) is 5.91 Å². The molecule has 12 heavy (non-hydrogen) atoms. The van der Waals surface area contributed by atoms with E-state index in [9.17, 15) is 4.79 Å². The summed E-state index contributed by atoms with van der Waals surface area (Å²) in [5.41, 5.74) is 5.13. The van der Waals surface area contributed by atoms with Gasteiger partial charge in [0.1, 0.15) is 0 Å². The van der Waals surface area contributed by atoms with Crippen molar-refractivity contribution in [2.75, 3.05) is 13.6 Å². The molecule has 2 atom stereocenters. The van der Waals surface area contributed by atoms with Crippen LogP contribution in [-0.4, -0.2) is 30.4 Å². The van der Waals surface area contributed by atoms with Crippen molar-refractivity contribution in [2.45, 2.75) is 32.2 Å². The smallest absolute Gasteiger partial charge is 0.231 e. The third kappa shape index (κ3) is 2.21. The van der Waals surface area contributed by atoms with Crippen molar-refractivity contribution in [3.05, 3.63) is 0 Å². The number of nitrogens with zero attached hydrogens (tertiary/aromatic N) is 1. The van der Waals surface area contributed by atoms with Gasteiger partial charge in [0.05, 0.1) is 6.54 Å². The van der Waals surface area contributed by atoms with E-state index in [2.05, 4.69) is 11.8 Å². The van der Waals surface area contributed by atoms with Crippen LogP contribution in [0.1, 0.15) is 26.2 Å². The number of hydrogen-bond acceptors (Lipinski definition) is 2. The van der Waals surface area contributed by atoms with Crippen molar-refractivity contribution in [3.63, 3.8) is 0 Å². The third-order valence-electron chi connectivity index (χ3n) is 2.79. The van der Waals surface area contributed by atoms with E-state index in [-0.39, 0.29) is 5.91 Å². The molecule has 0 aliphatic heterocycles. The first kappa shape index (κ1) is 9.52. The number of hydrogen-bond donors (Lipinski definition) is 1. The van der Waals surface area contributed by atoms with E-state index in [0.29, 0.717) is 18.5 Å². The van der Waals surface area contributed by atoms with Crippen LogP contribution in [0.2, 0.25) is 0 Å². The van der Waals surface area contributed by atoms with E-state index in [1.807, 2.05) is 7.05 Å². The van der Waals surface area contributed by atoms with E-state index in [1.54, 1.807) is 0 Å². The van der Waals surface area contributed by atoms with Gasteiger partial charge in [-0.2, -0.15) is 0 Å². The molecule has 1 aliphatic carbocycles. The quantitative estimate of drug-likeness (QED) is 0.674. The molecule has 0 aromatic carbocycles. The number of nitrogens with two attached hydrogens (primary N) is 1. The topological polar surface area (TPSA) is 46.3 Å². The van der Waals surface area contributed by atoms with E-state index < -0.39 is 0 Å². The molecule has 0 aromatic heterocycles. The van der Waals surface area contributed by atoms with Crippen LogP contribution in [0.25, 0.3) is 0 Å². The van der Waals surface area contributed by atoms with Crippen LogP contribution in [0.15, 0.2) is 0 Å². The Hall–Kier alpha value is -0.570. The summed E-state index contributed by atoms with van der Waals surface area (Å²) in [7, 11) is 1.98. The lowest BCUT2D eigenvalue weighted by atomic mass is 10.1. The molecular formula is C9H18N2O. The molecule has 2 N–H and O–H groups in total. The lowest BCUT2D eigenvalue weighted by Gasteiger charge is -2.26. The molecule has 1 amide bonds. The van der Waals surface area contributed by atoms with Crippen molar-refractivity contribution in [3.8, 4) is 0 Å². The first-order valence-corrected chi connectivity index (χ1v) is 4.60. The van der Waals surface area contributed by atoms with Crippen molar-refractivity contribution in [2.24, 2.45) is 11.7 Å². The van der Waals surface area contributed by atoms with Crippen molar-refractivity contribution in [1.82, 2.24) is 4.90 Å². The molecule has 3 nitrogen and oxygen atoms in total. The highest BCUT2D eigenvalue weighted by Crippen LogP contribution is 2.28. The number of rotatable bonds is 3. The van der Waals surface area contributed by atoms with Gasteiger partial charge in [-0.3, -0.25) is 9.69 Å². The van der Waals surface area contributed by atoms with Gasteiger partial charge in [0.25, 0.3) is 0 Å². The molecule has 0 aromatic rings. The molecule has 0 bridgehead atoms. The lowest BCUT2D eigenvalue weighted by Crippen LogP contribution is -2.39. The van der Waals surface area contributed by atoms with Gasteiger partial charge in [-0.05, 0) is 25.8 Å². The van der Waals surface area contributed by atoms with Gasteiger partial charge in [-0.25, -0.2) is 0 Å². The average Bonchev–Trinajstić information content (AvgIpc) is 2.33. The van der Waals surface area contributed by atoms with Gasteiger partial charge < -0.3 is 5.73 Å². The molecule has 0 spiro atoms. The summed E-state index contributed by atoms with van der Waals surface area (Å²) in [5, 5.41) is 0. The second kappa shape index (κ2) is 3.90. The lowest BCUT2D eigenvalue weighted by molar-refractivity contribution is -0.119. The van der Waals surface area contributed by atoms with E-state index in [4.69, 9.17) is 5.73 Å². The van der Waals surface area contributed by atoms with Crippen LogP contribution in [0.3, 0.4) is 0 Å². The maximum atomic E-state index is 10.7. The second-order valence-corrected chi connectivity index (χ2v) is 3.86. The number of likely N-dealkylation sites (N-methyl/N-ethyl adjacent to an activating group) is 1. The molecule has 0 radical (unpaired) electrons. The van der Waals surface area contributed by atoms with Crippen molar-refractivity contribution in [1.29, 1.82) is 0 Å². The Bertz CT molecular complexity index is 170. The minimum Gasteiger partial charge on any atom is -0.369 e. The molecule has 3 heteroatoms. The molecule has 1 rings (SSSR count). The van der Waals surface area contributed by atoms with Crippen LogP contribution in [0.4, 0.5) is 0 Å². The first-order valence-electron chi connectivity index (χ1n) is 4.60. The van der Waals surface area contributed by atoms with Crippen molar-refractivity contribution < 1.29 is 4.79 Å². The zero-order chi connectivity index (χ0) is 9.14. The highest BCUT2D eigenvalue weighted by atomic mass is 16.1. The highest BCUT2D eigenvalue weighted by molar-refractivity contribution is 5.75. The molecule has 1 saturated carbocycles. The predicted octanol–water partition coefficient (Wildman–Crippen LogP) is 0.592. The predicted molar refractivity (Wildman–Crippen MR) is 48.6 cm³/mol. The molecular weight excluding hydrogens is 152 g/mol. The van der Waals surface area contributed by atoms with E-state index in [0.717, 1.165) is 0 Å². The molecule has 2 unspecified atom stereocenters. The fraction of sp³-hybridized carbons (Fsp3) is 0.889. The Morgan fingerprint density at radius 3 is 2.67 bits per heavy atom. The summed E-state index contributed by atoms with van der Waals surface area (Å²) >= 11 is 0. The summed E-state index contributed by atoms with van der Waals surface area (Å²) in [5.74, 6) is 0.492. The fourth-order valence-electron chi connectivity index (χ4n) is 2.14. The Labute approximate surface area is 73.9 Å². The Kier molecular flexibility index (Phi) is 3.09. The Balaban J connectivity index is 2.40. The Morgan fingerprint density at radius 1 is 1.58 bits per heavy atom. The zero-order valence-corrected chi connectivity index (χ0v) is 7.92. The molecule has 0 heterocycles. The van der Waals surface area contributed by atoms with Gasteiger partial charge in [-0.1, -0.05) is 13.3 Å². The largest absolute Gasteiger partial charge is 0.369 e. The van der Waals surface area contributed by atoms with Gasteiger partial charge in [0, 0.05) is 6.04 Å². The minimum atomic E-state index is -0.225. The SMILES string of the molecule is CC1CCCC1N(C)CC(N)=O. The summed E-state index contributed by atoms with van der Waals surface area (Å²) in [6.45, 7) is 2.64. The second-order valence-electron chi connectivity index (χ2n) is 3.86. The molecule has 70 valence electrons. The summed E-state index contributed by atoms with van der Waals surface area (Å²) in [6, 6.07) is 0.567.